The lowest BCUT2D eigenvalue weighted by molar-refractivity contribution is -0.119. The fourth-order valence-electron chi connectivity index (χ4n) is 4.24. The summed E-state index contributed by atoms with van der Waals surface area (Å²) in [6.07, 6.45) is 7.10. The van der Waals surface area contributed by atoms with Gasteiger partial charge < -0.3 is 20.2 Å². The highest BCUT2D eigenvalue weighted by atomic mass is 19.3. The number of nitrogens with one attached hydrogen (secondary N) is 1. The van der Waals surface area contributed by atoms with Gasteiger partial charge in [-0.25, -0.2) is 19.9 Å². The smallest absolute Gasteiger partial charge is 0.387 e. The Morgan fingerprint density at radius 2 is 2.00 bits per heavy atom. The molecule has 0 saturated heterocycles. The van der Waals surface area contributed by atoms with Crippen LogP contribution in [0.3, 0.4) is 0 Å². The monoisotopic (exact) mass is 480 g/mol. The quantitative estimate of drug-likeness (QED) is 0.430. The Morgan fingerprint density at radius 1 is 1.20 bits per heavy atom. The number of halogens is 2. The van der Waals surface area contributed by atoms with Crippen molar-refractivity contribution >= 4 is 23.2 Å². The summed E-state index contributed by atoms with van der Waals surface area (Å²) in [7, 11) is 0. The number of ether oxygens (including phenoxy) is 1. The molecule has 1 aliphatic rings. The van der Waals surface area contributed by atoms with E-state index in [0.29, 0.717) is 23.6 Å². The Morgan fingerprint density at radius 3 is 2.69 bits per heavy atom. The normalized spacial score (nSPS) is 17.3. The molecule has 0 spiro atoms. The summed E-state index contributed by atoms with van der Waals surface area (Å²) in [5.74, 6) is 0.392. The number of carbonyl (C=O) groups is 1. The lowest BCUT2D eigenvalue weighted by Crippen LogP contribution is -2.33. The van der Waals surface area contributed by atoms with Gasteiger partial charge in [0, 0.05) is 18.6 Å². The van der Waals surface area contributed by atoms with Gasteiger partial charge >= 0.3 is 6.61 Å². The number of alkyl halides is 2. The van der Waals surface area contributed by atoms with E-state index in [1.54, 1.807) is 19.3 Å². The van der Waals surface area contributed by atoms with Crippen molar-refractivity contribution in [3.8, 4) is 17.3 Å². The molecule has 4 aromatic rings. The molecule has 3 N–H and O–H groups in total. The molecule has 0 fully saturated rings. The van der Waals surface area contributed by atoms with Crippen LogP contribution in [0.4, 0.5) is 20.4 Å². The average molecular weight is 480 g/mol. The third kappa shape index (κ3) is 3.80. The van der Waals surface area contributed by atoms with Gasteiger partial charge in [0.2, 0.25) is 5.91 Å². The maximum atomic E-state index is 13.1. The van der Waals surface area contributed by atoms with Gasteiger partial charge in [0.15, 0.2) is 11.5 Å². The van der Waals surface area contributed by atoms with Crippen LogP contribution < -0.4 is 15.8 Å². The van der Waals surface area contributed by atoms with E-state index in [-0.39, 0.29) is 28.9 Å². The number of amides is 1. The maximum Gasteiger partial charge on any atom is 0.387 e. The van der Waals surface area contributed by atoms with E-state index in [0.717, 1.165) is 17.5 Å². The number of pyridine rings is 1. The zero-order valence-electron chi connectivity index (χ0n) is 19.2. The summed E-state index contributed by atoms with van der Waals surface area (Å²) in [5.41, 5.74) is 7.70. The molecule has 180 valence electrons. The average Bonchev–Trinajstić information content (AvgIpc) is 3.36. The molecular formula is C23H22F2N8O2. The summed E-state index contributed by atoms with van der Waals surface area (Å²) in [4.78, 5) is 35.4. The van der Waals surface area contributed by atoms with Crippen LogP contribution in [0.2, 0.25) is 0 Å². The van der Waals surface area contributed by atoms with Crippen molar-refractivity contribution in [2.24, 2.45) is 5.92 Å². The molecule has 1 amide bonds. The second-order valence-corrected chi connectivity index (χ2v) is 8.82. The Hall–Kier alpha value is -4.22. The van der Waals surface area contributed by atoms with Crippen LogP contribution >= 0.6 is 0 Å². The van der Waals surface area contributed by atoms with Crippen molar-refractivity contribution in [3.63, 3.8) is 0 Å². The number of fused-ring (bicyclic) bond motifs is 2. The third-order valence-corrected chi connectivity index (χ3v) is 5.87. The lowest BCUT2D eigenvalue weighted by atomic mass is 9.81. The molecule has 35 heavy (non-hydrogen) atoms. The second-order valence-electron chi connectivity index (χ2n) is 8.82. The van der Waals surface area contributed by atoms with Gasteiger partial charge in [-0.3, -0.25) is 9.78 Å². The number of imidazole rings is 1. The zero-order valence-corrected chi connectivity index (χ0v) is 19.2. The van der Waals surface area contributed by atoms with Crippen molar-refractivity contribution in [1.82, 2.24) is 29.3 Å². The number of nitrogens with two attached hydrogens (primary N) is 1. The van der Waals surface area contributed by atoms with Crippen LogP contribution in [0, 0.1) is 5.92 Å². The number of hydrogen-bond donors (Lipinski definition) is 2. The van der Waals surface area contributed by atoms with Crippen LogP contribution in [0.5, 0.6) is 5.75 Å². The highest BCUT2D eigenvalue weighted by Crippen LogP contribution is 2.44. The Balaban J connectivity index is 1.58. The first kappa shape index (κ1) is 22.6. The van der Waals surface area contributed by atoms with Crippen LogP contribution in [-0.4, -0.2) is 41.8 Å². The number of hydrogen-bond acceptors (Lipinski definition) is 8. The van der Waals surface area contributed by atoms with E-state index in [2.05, 4.69) is 43.8 Å². The Labute approximate surface area is 198 Å². The van der Waals surface area contributed by atoms with Crippen LogP contribution in [0.15, 0.2) is 36.9 Å². The van der Waals surface area contributed by atoms with Crippen LogP contribution in [0.25, 0.3) is 17.2 Å². The second kappa shape index (κ2) is 8.22. The van der Waals surface area contributed by atoms with Crippen molar-refractivity contribution in [1.29, 1.82) is 0 Å². The molecular weight excluding hydrogens is 458 g/mol. The van der Waals surface area contributed by atoms with Gasteiger partial charge in [-0.1, -0.05) is 13.8 Å². The largest absolute Gasteiger partial charge is 0.433 e. The van der Waals surface area contributed by atoms with Gasteiger partial charge in [-0.05, 0) is 31.4 Å². The van der Waals surface area contributed by atoms with Gasteiger partial charge in [0.1, 0.15) is 28.5 Å². The van der Waals surface area contributed by atoms with E-state index in [4.69, 9.17) is 10.7 Å². The molecule has 0 aliphatic carbocycles. The minimum absolute atomic E-state index is 0.0819. The van der Waals surface area contributed by atoms with E-state index in [1.165, 1.54) is 12.1 Å². The molecule has 0 bridgehead atoms. The Bertz CT molecular complexity index is 1440. The molecule has 5 heterocycles. The number of anilines is 2. The standard InChI is InChI=1S/C23H22F2N8O2/c1-11(2)8-13-20-27-6-7-33(20)10-14(29-13)18-30-17(26)16-19(31-18)32-21(34)23(16,3)15-5-4-12(9-28-15)35-22(24)25/h4-7,9-11,22H,8H2,1-3H3,(H3,26,30,31,32,34). The minimum atomic E-state index is -2.98. The first-order valence-electron chi connectivity index (χ1n) is 10.9. The third-order valence-electron chi connectivity index (χ3n) is 5.87. The molecule has 4 aromatic heterocycles. The van der Waals surface area contributed by atoms with Gasteiger partial charge in [0.05, 0.1) is 23.1 Å². The molecule has 0 saturated carbocycles. The first-order chi connectivity index (χ1) is 16.7. The van der Waals surface area contributed by atoms with Crippen molar-refractivity contribution < 1.29 is 18.3 Å². The highest BCUT2D eigenvalue weighted by molar-refractivity contribution is 6.08. The summed E-state index contributed by atoms with van der Waals surface area (Å²) in [6, 6.07) is 2.75. The fourth-order valence-corrected chi connectivity index (χ4v) is 4.24. The number of nitrogens with zero attached hydrogens (tertiary/aromatic N) is 6. The molecule has 0 radical (unpaired) electrons. The predicted molar refractivity (Wildman–Crippen MR) is 123 cm³/mol. The van der Waals surface area contributed by atoms with Crippen LogP contribution in [0.1, 0.15) is 37.7 Å². The number of rotatable bonds is 6. The van der Waals surface area contributed by atoms with Crippen molar-refractivity contribution in [3.05, 3.63) is 53.9 Å². The van der Waals surface area contributed by atoms with Crippen molar-refractivity contribution in [2.75, 3.05) is 11.1 Å². The molecule has 10 nitrogen and oxygen atoms in total. The predicted octanol–water partition coefficient (Wildman–Crippen LogP) is 3.22. The topological polar surface area (TPSA) is 133 Å². The van der Waals surface area contributed by atoms with Gasteiger partial charge in [-0.2, -0.15) is 8.78 Å². The van der Waals surface area contributed by atoms with Gasteiger partial charge in [0.25, 0.3) is 0 Å². The molecule has 1 aliphatic heterocycles. The molecule has 1 atom stereocenters. The van der Waals surface area contributed by atoms with E-state index in [1.807, 2.05) is 10.6 Å². The summed E-state index contributed by atoms with van der Waals surface area (Å²) in [6.45, 7) is 2.83. The van der Waals surface area contributed by atoms with Gasteiger partial charge in [-0.15, -0.1) is 0 Å². The summed E-state index contributed by atoms with van der Waals surface area (Å²) in [5, 5.41) is 2.76. The molecule has 1 unspecified atom stereocenters. The van der Waals surface area contributed by atoms with Crippen LogP contribution in [-0.2, 0) is 16.6 Å². The van der Waals surface area contributed by atoms with E-state index < -0.39 is 17.9 Å². The minimum Gasteiger partial charge on any atom is -0.433 e. The fraction of sp³-hybridized carbons (Fsp3) is 0.304. The number of nitrogen functional groups attached to an aromatic ring is 1. The number of carbonyl (C=O) groups excluding carboxylic acids is 1. The maximum absolute atomic E-state index is 13.1. The molecule has 0 aromatic carbocycles. The first-order valence-corrected chi connectivity index (χ1v) is 10.9. The van der Waals surface area contributed by atoms with E-state index >= 15 is 0 Å². The lowest BCUT2D eigenvalue weighted by Gasteiger charge is -2.22. The number of aromatic nitrogens is 6. The molecule has 12 heteroatoms. The van der Waals surface area contributed by atoms with Crippen molar-refractivity contribution in [2.45, 2.75) is 39.2 Å². The van der Waals surface area contributed by atoms with E-state index in [9.17, 15) is 13.6 Å². The Kier molecular flexibility index (Phi) is 5.30. The highest BCUT2D eigenvalue weighted by Gasteiger charge is 2.48. The summed E-state index contributed by atoms with van der Waals surface area (Å²) >= 11 is 0. The summed E-state index contributed by atoms with van der Waals surface area (Å²) < 4.78 is 31.2. The SMILES string of the molecule is CC(C)Cc1nc(-c2nc(N)c3c(n2)NC(=O)C3(C)c2ccc(OC(F)F)cn2)cn2ccnc12. The molecule has 5 rings (SSSR count). The zero-order chi connectivity index (χ0) is 24.9.